The number of nitrogens with one attached hydrogen (secondary N) is 1. The van der Waals surface area contributed by atoms with E-state index in [2.05, 4.69) is 15.3 Å². The summed E-state index contributed by atoms with van der Waals surface area (Å²) in [7, 11) is 3.92. The molecule has 0 saturated heterocycles. The minimum absolute atomic E-state index is 0.162. The highest BCUT2D eigenvalue weighted by Crippen LogP contribution is 2.23. The number of benzene rings is 1. The number of nitrogens with zero attached hydrogens (tertiary/aromatic N) is 4. The van der Waals surface area contributed by atoms with Gasteiger partial charge in [-0.25, -0.2) is 9.78 Å². The van der Waals surface area contributed by atoms with E-state index < -0.39 is 5.69 Å². The molecule has 3 aromatic rings. The van der Waals surface area contributed by atoms with E-state index in [9.17, 15) is 10.0 Å². The number of aromatic nitrogens is 3. The molecule has 22 heavy (non-hydrogen) atoms. The third-order valence-corrected chi connectivity index (χ3v) is 3.28. The van der Waals surface area contributed by atoms with Crippen molar-refractivity contribution >= 4 is 28.2 Å². The molecule has 0 fully saturated rings. The molecule has 7 heteroatoms. The van der Waals surface area contributed by atoms with Crippen molar-refractivity contribution in [2.75, 3.05) is 24.3 Å². The number of anilines is 3. The first kappa shape index (κ1) is 13.9. The zero-order valence-electron chi connectivity index (χ0n) is 12.2. The Bertz CT molecular complexity index is 871. The third-order valence-electron chi connectivity index (χ3n) is 3.28. The molecule has 0 aliphatic heterocycles. The molecule has 2 N–H and O–H groups in total. The van der Waals surface area contributed by atoms with E-state index >= 15 is 0 Å². The van der Waals surface area contributed by atoms with Gasteiger partial charge in [0.25, 0.3) is 0 Å². The number of rotatable bonds is 3. The Morgan fingerprint density at radius 3 is 2.59 bits per heavy atom. The summed E-state index contributed by atoms with van der Waals surface area (Å²) in [6.07, 6.45) is 1.50. The lowest BCUT2D eigenvalue weighted by Gasteiger charge is -2.13. The molecule has 1 aromatic carbocycles. The summed E-state index contributed by atoms with van der Waals surface area (Å²) in [5.74, 6) is 0.357. The van der Waals surface area contributed by atoms with Crippen LogP contribution in [-0.2, 0) is 0 Å². The molecule has 0 aliphatic rings. The summed E-state index contributed by atoms with van der Waals surface area (Å²) in [6.45, 7) is 0. The summed E-state index contributed by atoms with van der Waals surface area (Å²) >= 11 is 0. The van der Waals surface area contributed by atoms with Crippen LogP contribution in [0.4, 0.5) is 17.2 Å². The number of hydrogen-bond donors (Lipinski definition) is 2. The van der Waals surface area contributed by atoms with Crippen LogP contribution in [0.3, 0.4) is 0 Å². The van der Waals surface area contributed by atoms with Crippen LogP contribution in [0.1, 0.15) is 0 Å². The minimum atomic E-state index is -0.779. The van der Waals surface area contributed by atoms with Gasteiger partial charge in [0.1, 0.15) is 5.82 Å². The summed E-state index contributed by atoms with van der Waals surface area (Å²) in [4.78, 5) is 21.6. The highest BCUT2D eigenvalue weighted by molar-refractivity contribution is 5.88. The maximum atomic E-state index is 11.7. The van der Waals surface area contributed by atoms with Crippen LogP contribution in [-0.4, -0.2) is 34.0 Å². The van der Waals surface area contributed by atoms with Gasteiger partial charge in [-0.3, -0.25) is 0 Å². The van der Waals surface area contributed by atoms with Crippen LogP contribution in [0.2, 0.25) is 0 Å². The van der Waals surface area contributed by atoms with Gasteiger partial charge in [-0.2, -0.15) is 4.98 Å². The van der Waals surface area contributed by atoms with Crippen molar-refractivity contribution in [2.45, 2.75) is 0 Å². The van der Waals surface area contributed by atoms with E-state index in [1.54, 1.807) is 12.1 Å². The first-order chi connectivity index (χ1) is 10.6. The molecule has 0 radical (unpaired) electrons. The molecular formula is C15H15N5O2. The fourth-order valence-electron chi connectivity index (χ4n) is 2.12. The van der Waals surface area contributed by atoms with Crippen LogP contribution in [0.5, 0.6) is 0 Å². The van der Waals surface area contributed by atoms with E-state index in [-0.39, 0.29) is 5.65 Å². The van der Waals surface area contributed by atoms with E-state index in [0.717, 1.165) is 11.4 Å². The second kappa shape index (κ2) is 5.36. The third kappa shape index (κ3) is 2.44. The monoisotopic (exact) mass is 297 g/mol. The number of fused-ring (bicyclic) bond motifs is 1. The molecule has 0 spiro atoms. The average molecular weight is 297 g/mol. The molecule has 112 valence electrons. The summed E-state index contributed by atoms with van der Waals surface area (Å²) in [5.41, 5.74) is 1.24. The van der Waals surface area contributed by atoms with Crippen LogP contribution in [0, 0.1) is 0 Å². The molecule has 2 heterocycles. The van der Waals surface area contributed by atoms with Crippen molar-refractivity contribution in [3.05, 3.63) is 53.1 Å². The van der Waals surface area contributed by atoms with E-state index in [0.29, 0.717) is 15.9 Å². The summed E-state index contributed by atoms with van der Waals surface area (Å²) in [5, 5.41) is 13.3. The van der Waals surface area contributed by atoms with E-state index in [1.807, 2.05) is 43.3 Å². The molecule has 0 bridgehead atoms. The van der Waals surface area contributed by atoms with Crippen molar-refractivity contribution in [1.29, 1.82) is 0 Å². The van der Waals surface area contributed by atoms with Crippen molar-refractivity contribution in [1.82, 2.24) is 14.7 Å². The van der Waals surface area contributed by atoms with Gasteiger partial charge in [-0.15, -0.1) is 4.73 Å². The largest absolute Gasteiger partial charge is 0.422 e. The van der Waals surface area contributed by atoms with E-state index in [4.69, 9.17) is 0 Å². The lowest BCUT2D eigenvalue weighted by molar-refractivity contribution is 0.182. The normalized spacial score (nSPS) is 10.6. The fourth-order valence-corrected chi connectivity index (χ4v) is 2.12. The smallest absolute Gasteiger partial charge is 0.384 e. The molecule has 0 saturated carbocycles. The van der Waals surface area contributed by atoms with Gasteiger partial charge >= 0.3 is 5.69 Å². The lowest BCUT2D eigenvalue weighted by atomic mass is 10.2. The number of hydrogen-bond acceptors (Lipinski definition) is 6. The summed E-state index contributed by atoms with van der Waals surface area (Å²) in [6, 6.07) is 11.1. The van der Waals surface area contributed by atoms with Crippen molar-refractivity contribution < 1.29 is 5.21 Å². The molecule has 0 unspecified atom stereocenters. The molecule has 0 amide bonds. The second-order valence-electron chi connectivity index (χ2n) is 5.00. The Labute approximate surface area is 126 Å². The SMILES string of the molecule is CN(C)c1ccc(Nc2nc(=O)n(O)c3ncccc23)cc1. The average Bonchev–Trinajstić information content (AvgIpc) is 2.53. The first-order valence-electron chi connectivity index (χ1n) is 6.68. The topological polar surface area (TPSA) is 83.3 Å². The fraction of sp³-hybridized carbons (Fsp3) is 0.133. The Hall–Kier alpha value is -3.09. The van der Waals surface area contributed by atoms with Gasteiger partial charge in [0.05, 0.1) is 5.39 Å². The zero-order chi connectivity index (χ0) is 15.7. The molecule has 2 aromatic heterocycles. The molecule has 3 rings (SSSR count). The van der Waals surface area contributed by atoms with Gasteiger partial charge in [0.15, 0.2) is 5.65 Å². The summed E-state index contributed by atoms with van der Waals surface area (Å²) < 4.78 is 0.440. The van der Waals surface area contributed by atoms with E-state index in [1.165, 1.54) is 6.20 Å². The Balaban J connectivity index is 2.04. The number of pyridine rings is 1. The standard InChI is InChI=1S/C15H15N5O2/c1-19(2)11-7-5-10(6-8-11)17-13-12-4-3-9-16-14(12)20(22)15(21)18-13/h3-9,22H,1-2H3,(H,17,18,21). The van der Waals surface area contributed by atoms with Gasteiger partial charge < -0.3 is 15.4 Å². The highest BCUT2D eigenvalue weighted by Gasteiger charge is 2.10. The first-order valence-corrected chi connectivity index (χ1v) is 6.68. The molecule has 7 nitrogen and oxygen atoms in total. The lowest BCUT2D eigenvalue weighted by Crippen LogP contribution is -2.23. The van der Waals surface area contributed by atoms with Crippen molar-refractivity contribution in [3.8, 4) is 0 Å². The van der Waals surface area contributed by atoms with Gasteiger partial charge in [0.2, 0.25) is 0 Å². The molecule has 0 atom stereocenters. The second-order valence-corrected chi connectivity index (χ2v) is 5.00. The van der Waals surface area contributed by atoms with Gasteiger partial charge in [-0.1, -0.05) is 0 Å². The molecular weight excluding hydrogens is 282 g/mol. The molecule has 0 aliphatic carbocycles. The minimum Gasteiger partial charge on any atom is -0.422 e. The Kier molecular flexibility index (Phi) is 3.38. The van der Waals surface area contributed by atoms with Crippen LogP contribution in [0.15, 0.2) is 47.4 Å². The van der Waals surface area contributed by atoms with Crippen molar-refractivity contribution in [3.63, 3.8) is 0 Å². The Morgan fingerprint density at radius 1 is 1.18 bits per heavy atom. The maximum absolute atomic E-state index is 11.7. The van der Waals surface area contributed by atoms with Crippen molar-refractivity contribution in [2.24, 2.45) is 0 Å². The van der Waals surface area contributed by atoms with Gasteiger partial charge in [0, 0.05) is 31.7 Å². The zero-order valence-corrected chi connectivity index (χ0v) is 12.2. The van der Waals surface area contributed by atoms with Crippen LogP contribution >= 0.6 is 0 Å². The predicted octanol–water partition coefficient (Wildman–Crippen LogP) is 1.84. The van der Waals surface area contributed by atoms with Crippen LogP contribution in [0.25, 0.3) is 11.0 Å². The highest BCUT2D eigenvalue weighted by atomic mass is 16.5. The Morgan fingerprint density at radius 2 is 1.91 bits per heavy atom. The quantitative estimate of drug-likeness (QED) is 0.718. The van der Waals surface area contributed by atoms with Crippen LogP contribution < -0.4 is 15.9 Å². The predicted molar refractivity (Wildman–Crippen MR) is 85.0 cm³/mol. The van der Waals surface area contributed by atoms with Gasteiger partial charge in [-0.05, 0) is 36.4 Å². The maximum Gasteiger partial charge on any atom is 0.384 e.